The average molecular weight is 303 g/mol. The summed E-state index contributed by atoms with van der Waals surface area (Å²) in [5.41, 5.74) is 0.636. The van der Waals surface area contributed by atoms with Crippen molar-refractivity contribution in [3.63, 3.8) is 0 Å². The maximum atomic E-state index is 12.6. The van der Waals surface area contributed by atoms with Crippen LogP contribution in [-0.4, -0.2) is 34.0 Å². The van der Waals surface area contributed by atoms with E-state index in [9.17, 15) is 4.79 Å². The molecule has 0 aromatic carbocycles. The number of aryl methyl sites for hydroxylation is 1. The lowest BCUT2D eigenvalue weighted by Gasteiger charge is -2.31. The van der Waals surface area contributed by atoms with E-state index in [1.807, 2.05) is 25.7 Å². The van der Waals surface area contributed by atoms with Gasteiger partial charge in [-0.3, -0.25) is 4.79 Å². The van der Waals surface area contributed by atoms with Gasteiger partial charge < -0.3 is 13.8 Å². The van der Waals surface area contributed by atoms with Crippen LogP contribution in [0.2, 0.25) is 0 Å². The molecular weight excluding hydrogens is 282 g/mol. The Balaban J connectivity index is 1.73. The van der Waals surface area contributed by atoms with Crippen LogP contribution in [0.15, 0.2) is 21.3 Å². The molecule has 118 valence electrons. The van der Waals surface area contributed by atoms with Crippen molar-refractivity contribution < 1.29 is 13.7 Å². The Morgan fingerprint density at radius 1 is 1.45 bits per heavy atom. The second kappa shape index (κ2) is 5.94. The van der Waals surface area contributed by atoms with E-state index < -0.39 is 0 Å². The predicted octanol–water partition coefficient (Wildman–Crippen LogP) is 3.11. The summed E-state index contributed by atoms with van der Waals surface area (Å²) in [5, 5.41) is 4.09. The van der Waals surface area contributed by atoms with Crippen LogP contribution in [0.1, 0.15) is 66.4 Å². The third-order valence-electron chi connectivity index (χ3n) is 4.11. The van der Waals surface area contributed by atoms with E-state index >= 15 is 0 Å². The third-order valence-corrected chi connectivity index (χ3v) is 4.11. The maximum Gasteiger partial charge on any atom is 0.257 e. The fourth-order valence-corrected chi connectivity index (χ4v) is 2.80. The minimum absolute atomic E-state index is 0.0172. The summed E-state index contributed by atoms with van der Waals surface area (Å²) < 4.78 is 10.5. The number of hydrogen-bond donors (Lipinski definition) is 0. The SMILES string of the molecule is Cc1occc1C(=O)N1CCCC(c2noc(C(C)C)n2)C1. The number of hydrogen-bond acceptors (Lipinski definition) is 5. The first-order valence-corrected chi connectivity index (χ1v) is 7.73. The standard InChI is InChI=1S/C16H21N3O3/c1-10(2)15-17-14(18-22-15)12-5-4-7-19(9-12)16(20)13-6-8-21-11(13)3/h6,8,10,12H,4-5,7,9H2,1-3H3. The molecule has 1 aliphatic rings. The van der Waals surface area contributed by atoms with Gasteiger partial charge in [0.25, 0.3) is 5.91 Å². The van der Waals surface area contributed by atoms with Crippen molar-refractivity contribution in [3.8, 4) is 0 Å². The Bertz CT molecular complexity index is 659. The Kier molecular flexibility index (Phi) is 4.00. The van der Waals surface area contributed by atoms with Crippen LogP contribution in [0.4, 0.5) is 0 Å². The first-order valence-electron chi connectivity index (χ1n) is 7.73. The van der Waals surface area contributed by atoms with E-state index in [4.69, 9.17) is 8.94 Å². The lowest BCUT2D eigenvalue weighted by atomic mass is 9.96. The molecule has 2 aromatic rings. The first kappa shape index (κ1) is 14.8. The molecule has 1 atom stereocenters. The highest BCUT2D eigenvalue weighted by atomic mass is 16.5. The quantitative estimate of drug-likeness (QED) is 0.871. The molecule has 0 N–H and O–H groups in total. The van der Waals surface area contributed by atoms with Gasteiger partial charge >= 0.3 is 0 Å². The summed E-state index contributed by atoms with van der Waals surface area (Å²) in [6.45, 7) is 7.24. The number of rotatable bonds is 3. The molecule has 1 saturated heterocycles. The van der Waals surface area contributed by atoms with Gasteiger partial charge in [0.2, 0.25) is 5.89 Å². The average Bonchev–Trinajstić information content (AvgIpc) is 3.15. The molecule has 1 fully saturated rings. The Hall–Kier alpha value is -2.11. The molecule has 0 aliphatic carbocycles. The van der Waals surface area contributed by atoms with Gasteiger partial charge in [-0.25, -0.2) is 0 Å². The monoisotopic (exact) mass is 303 g/mol. The number of piperidine rings is 1. The number of amides is 1. The van der Waals surface area contributed by atoms with Crippen molar-refractivity contribution in [1.29, 1.82) is 0 Å². The molecule has 0 bridgehead atoms. The zero-order valence-corrected chi connectivity index (χ0v) is 13.2. The fourth-order valence-electron chi connectivity index (χ4n) is 2.80. The Labute approximate surface area is 129 Å². The van der Waals surface area contributed by atoms with E-state index in [0.29, 0.717) is 29.6 Å². The minimum atomic E-state index is 0.0172. The predicted molar refractivity (Wildman–Crippen MR) is 79.7 cm³/mol. The van der Waals surface area contributed by atoms with Crippen LogP contribution >= 0.6 is 0 Å². The molecule has 0 saturated carbocycles. The van der Waals surface area contributed by atoms with Gasteiger partial charge in [-0.15, -0.1) is 0 Å². The molecule has 6 nitrogen and oxygen atoms in total. The van der Waals surface area contributed by atoms with Crippen molar-refractivity contribution in [2.24, 2.45) is 0 Å². The number of carbonyl (C=O) groups excluding carboxylic acids is 1. The lowest BCUT2D eigenvalue weighted by molar-refractivity contribution is 0.0702. The molecule has 1 unspecified atom stereocenters. The van der Waals surface area contributed by atoms with Gasteiger partial charge in [0.05, 0.1) is 11.8 Å². The lowest BCUT2D eigenvalue weighted by Crippen LogP contribution is -2.39. The van der Waals surface area contributed by atoms with Gasteiger partial charge in [-0.2, -0.15) is 4.98 Å². The van der Waals surface area contributed by atoms with E-state index in [0.717, 1.165) is 19.4 Å². The zero-order valence-electron chi connectivity index (χ0n) is 13.2. The number of likely N-dealkylation sites (tertiary alicyclic amines) is 1. The maximum absolute atomic E-state index is 12.6. The Morgan fingerprint density at radius 3 is 2.91 bits per heavy atom. The highest BCUT2D eigenvalue weighted by Gasteiger charge is 2.29. The van der Waals surface area contributed by atoms with Crippen molar-refractivity contribution in [2.45, 2.75) is 45.4 Å². The van der Waals surface area contributed by atoms with E-state index in [-0.39, 0.29) is 17.7 Å². The molecular formula is C16H21N3O3. The van der Waals surface area contributed by atoms with Crippen LogP contribution < -0.4 is 0 Å². The molecule has 3 rings (SSSR count). The van der Waals surface area contributed by atoms with Gasteiger partial charge in [-0.05, 0) is 25.8 Å². The first-order chi connectivity index (χ1) is 10.6. The number of furan rings is 1. The minimum Gasteiger partial charge on any atom is -0.469 e. The van der Waals surface area contributed by atoms with Crippen LogP contribution in [-0.2, 0) is 0 Å². The largest absolute Gasteiger partial charge is 0.469 e. The summed E-state index contributed by atoms with van der Waals surface area (Å²) in [6, 6.07) is 1.73. The number of nitrogens with zero attached hydrogens (tertiary/aromatic N) is 3. The summed E-state index contributed by atoms with van der Waals surface area (Å²) >= 11 is 0. The zero-order chi connectivity index (χ0) is 15.7. The summed E-state index contributed by atoms with van der Waals surface area (Å²) in [5.74, 6) is 2.41. The van der Waals surface area contributed by atoms with Gasteiger partial charge in [0, 0.05) is 24.9 Å². The van der Waals surface area contributed by atoms with Crippen LogP contribution in [0.5, 0.6) is 0 Å². The van der Waals surface area contributed by atoms with E-state index in [1.54, 1.807) is 12.3 Å². The van der Waals surface area contributed by atoms with Gasteiger partial charge in [0.15, 0.2) is 5.82 Å². The molecule has 0 radical (unpaired) electrons. The summed E-state index contributed by atoms with van der Waals surface area (Å²) in [7, 11) is 0. The summed E-state index contributed by atoms with van der Waals surface area (Å²) in [6.07, 6.45) is 3.47. The highest BCUT2D eigenvalue weighted by Crippen LogP contribution is 2.27. The van der Waals surface area contributed by atoms with Crippen LogP contribution in [0.25, 0.3) is 0 Å². The summed E-state index contributed by atoms with van der Waals surface area (Å²) in [4.78, 5) is 18.9. The molecule has 22 heavy (non-hydrogen) atoms. The van der Waals surface area contributed by atoms with Gasteiger partial charge in [0.1, 0.15) is 5.76 Å². The number of carbonyl (C=O) groups is 1. The van der Waals surface area contributed by atoms with Crippen molar-refractivity contribution >= 4 is 5.91 Å². The fraction of sp³-hybridized carbons (Fsp3) is 0.562. The second-order valence-corrected chi connectivity index (χ2v) is 6.13. The van der Waals surface area contributed by atoms with Crippen molar-refractivity contribution in [2.75, 3.05) is 13.1 Å². The molecule has 3 heterocycles. The highest BCUT2D eigenvalue weighted by molar-refractivity contribution is 5.95. The Morgan fingerprint density at radius 2 is 2.27 bits per heavy atom. The number of aromatic nitrogens is 2. The third kappa shape index (κ3) is 2.77. The molecule has 1 amide bonds. The van der Waals surface area contributed by atoms with Crippen molar-refractivity contribution in [1.82, 2.24) is 15.0 Å². The van der Waals surface area contributed by atoms with E-state index in [1.165, 1.54) is 0 Å². The topological polar surface area (TPSA) is 72.4 Å². The smallest absolute Gasteiger partial charge is 0.257 e. The second-order valence-electron chi connectivity index (χ2n) is 6.13. The molecule has 2 aromatic heterocycles. The van der Waals surface area contributed by atoms with Crippen LogP contribution in [0, 0.1) is 6.92 Å². The van der Waals surface area contributed by atoms with Crippen molar-refractivity contribution in [3.05, 3.63) is 35.4 Å². The molecule has 1 aliphatic heterocycles. The molecule has 6 heteroatoms. The van der Waals surface area contributed by atoms with Gasteiger partial charge in [-0.1, -0.05) is 19.0 Å². The normalized spacial score (nSPS) is 18.9. The molecule has 0 spiro atoms. The van der Waals surface area contributed by atoms with Crippen LogP contribution in [0.3, 0.4) is 0 Å². The van der Waals surface area contributed by atoms with E-state index in [2.05, 4.69) is 10.1 Å².